The van der Waals surface area contributed by atoms with Crippen LogP contribution in [0.15, 0.2) is 0 Å². The van der Waals surface area contributed by atoms with Crippen LogP contribution >= 0.6 is 0 Å². The van der Waals surface area contributed by atoms with E-state index in [0.717, 1.165) is 19.5 Å². The molecular weight excluding hydrogens is 202 g/mol. The van der Waals surface area contributed by atoms with Crippen molar-refractivity contribution in [2.75, 3.05) is 33.7 Å². The van der Waals surface area contributed by atoms with Crippen LogP contribution in [0.5, 0.6) is 0 Å². The largest absolute Gasteiger partial charge is 0.355 e. The predicted molar refractivity (Wildman–Crippen MR) is 68.5 cm³/mol. The molecule has 0 aliphatic rings. The maximum absolute atomic E-state index is 10.7. The maximum Gasteiger partial charge on any atom is 0.216 e. The second kappa shape index (κ2) is 8.53. The van der Waals surface area contributed by atoms with Crippen molar-refractivity contribution in [3.8, 4) is 0 Å². The van der Waals surface area contributed by atoms with Gasteiger partial charge in [0.1, 0.15) is 0 Å². The van der Waals surface area contributed by atoms with Gasteiger partial charge in [0.25, 0.3) is 0 Å². The first-order chi connectivity index (χ1) is 7.41. The van der Waals surface area contributed by atoms with Crippen LogP contribution in [-0.4, -0.2) is 50.6 Å². The zero-order valence-electron chi connectivity index (χ0n) is 11.3. The summed E-state index contributed by atoms with van der Waals surface area (Å²) in [4.78, 5) is 12.9. The van der Waals surface area contributed by atoms with E-state index in [1.165, 1.54) is 0 Å². The van der Waals surface area contributed by atoms with Gasteiger partial charge in [0.15, 0.2) is 0 Å². The molecule has 4 nitrogen and oxygen atoms in total. The van der Waals surface area contributed by atoms with Gasteiger partial charge in [-0.3, -0.25) is 4.79 Å². The zero-order chi connectivity index (χ0) is 12.6. The third-order valence-electron chi connectivity index (χ3n) is 2.27. The number of likely N-dealkylation sites (N-methyl/N-ethyl adjacent to an activating group) is 1. The molecule has 96 valence electrons. The van der Waals surface area contributed by atoms with E-state index in [1.807, 2.05) is 0 Å². The SMILES string of the molecule is CC(=O)NCCNC(CC(C)C)CN(C)C. The highest BCUT2D eigenvalue weighted by atomic mass is 16.1. The van der Waals surface area contributed by atoms with E-state index in [9.17, 15) is 4.79 Å². The van der Waals surface area contributed by atoms with E-state index in [4.69, 9.17) is 0 Å². The lowest BCUT2D eigenvalue weighted by molar-refractivity contribution is -0.118. The van der Waals surface area contributed by atoms with Crippen LogP contribution in [0.3, 0.4) is 0 Å². The van der Waals surface area contributed by atoms with Crippen LogP contribution < -0.4 is 10.6 Å². The molecule has 1 atom stereocenters. The maximum atomic E-state index is 10.7. The first kappa shape index (κ1) is 15.4. The minimum atomic E-state index is 0.0369. The number of hydrogen-bond donors (Lipinski definition) is 2. The van der Waals surface area contributed by atoms with E-state index in [1.54, 1.807) is 6.92 Å². The first-order valence-corrected chi connectivity index (χ1v) is 6.04. The van der Waals surface area contributed by atoms with Crippen LogP contribution in [0.25, 0.3) is 0 Å². The van der Waals surface area contributed by atoms with Gasteiger partial charge in [0.2, 0.25) is 5.91 Å². The molecule has 1 amide bonds. The summed E-state index contributed by atoms with van der Waals surface area (Å²) in [6, 6.07) is 0.503. The lowest BCUT2D eigenvalue weighted by atomic mass is 10.0. The van der Waals surface area contributed by atoms with E-state index in [0.29, 0.717) is 18.5 Å². The predicted octanol–water partition coefficient (Wildman–Crippen LogP) is 0.688. The van der Waals surface area contributed by atoms with Gasteiger partial charge in [0.05, 0.1) is 0 Å². The van der Waals surface area contributed by atoms with Gasteiger partial charge >= 0.3 is 0 Å². The minimum absolute atomic E-state index is 0.0369. The Kier molecular flexibility index (Phi) is 8.21. The van der Waals surface area contributed by atoms with Gasteiger partial charge < -0.3 is 15.5 Å². The lowest BCUT2D eigenvalue weighted by Crippen LogP contribution is -2.42. The van der Waals surface area contributed by atoms with Crippen molar-refractivity contribution in [2.24, 2.45) is 5.92 Å². The van der Waals surface area contributed by atoms with Crippen molar-refractivity contribution >= 4 is 5.91 Å². The Balaban J connectivity index is 3.77. The Hall–Kier alpha value is -0.610. The summed E-state index contributed by atoms with van der Waals surface area (Å²) in [5.41, 5.74) is 0. The molecule has 0 heterocycles. The van der Waals surface area contributed by atoms with Gasteiger partial charge in [-0.25, -0.2) is 0 Å². The van der Waals surface area contributed by atoms with Gasteiger partial charge in [-0.2, -0.15) is 0 Å². The Bertz CT molecular complexity index is 183. The van der Waals surface area contributed by atoms with Gasteiger partial charge in [-0.1, -0.05) is 13.8 Å². The molecule has 0 rings (SSSR count). The first-order valence-electron chi connectivity index (χ1n) is 6.04. The third-order valence-corrected chi connectivity index (χ3v) is 2.27. The fourth-order valence-corrected chi connectivity index (χ4v) is 1.75. The van der Waals surface area contributed by atoms with Crippen LogP contribution in [0.1, 0.15) is 27.2 Å². The Morgan fingerprint density at radius 2 is 1.88 bits per heavy atom. The molecule has 0 aliphatic heterocycles. The lowest BCUT2D eigenvalue weighted by Gasteiger charge is -2.24. The van der Waals surface area contributed by atoms with Crippen LogP contribution in [0.2, 0.25) is 0 Å². The Labute approximate surface area is 99.8 Å². The number of hydrogen-bond acceptors (Lipinski definition) is 3. The molecule has 2 N–H and O–H groups in total. The molecule has 0 aliphatic carbocycles. The van der Waals surface area contributed by atoms with Crippen molar-refractivity contribution in [2.45, 2.75) is 33.2 Å². The highest BCUT2D eigenvalue weighted by Gasteiger charge is 2.10. The third kappa shape index (κ3) is 9.93. The number of nitrogens with zero attached hydrogens (tertiary/aromatic N) is 1. The van der Waals surface area contributed by atoms with Gasteiger partial charge in [-0.05, 0) is 26.4 Å². The molecule has 0 fully saturated rings. The van der Waals surface area contributed by atoms with Crippen molar-refractivity contribution in [1.82, 2.24) is 15.5 Å². The standard InChI is InChI=1S/C12H27N3O/c1-10(2)8-12(9-15(4)5)14-7-6-13-11(3)16/h10,12,14H,6-9H2,1-5H3,(H,13,16). The number of amides is 1. The summed E-state index contributed by atoms with van der Waals surface area (Å²) < 4.78 is 0. The van der Waals surface area contributed by atoms with Crippen molar-refractivity contribution < 1.29 is 4.79 Å². The highest BCUT2D eigenvalue weighted by molar-refractivity contribution is 5.72. The average Bonchev–Trinajstić information content (AvgIpc) is 2.09. The highest BCUT2D eigenvalue weighted by Crippen LogP contribution is 2.05. The molecule has 0 aromatic carbocycles. The molecule has 16 heavy (non-hydrogen) atoms. The monoisotopic (exact) mass is 229 g/mol. The van der Waals surface area contributed by atoms with Crippen molar-refractivity contribution in [3.05, 3.63) is 0 Å². The average molecular weight is 229 g/mol. The molecule has 0 aromatic rings. The van der Waals surface area contributed by atoms with E-state index < -0.39 is 0 Å². The van der Waals surface area contributed by atoms with Crippen molar-refractivity contribution in [3.63, 3.8) is 0 Å². The van der Waals surface area contributed by atoms with Crippen LogP contribution in [-0.2, 0) is 4.79 Å². The van der Waals surface area contributed by atoms with Gasteiger partial charge in [-0.15, -0.1) is 0 Å². The molecule has 0 saturated heterocycles. The topological polar surface area (TPSA) is 44.4 Å². The number of nitrogens with one attached hydrogen (secondary N) is 2. The summed E-state index contributed by atoms with van der Waals surface area (Å²) in [5, 5.41) is 6.27. The summed E-state index contributed by atoms with van der Waals surface area (Å²) in [6.07, 6.45) is 1.16. The molecule has 4 heteroatoms. The van der Waals surface area contributed by atoms with Gasteiger partial charge in [0, 0.05) is 32.6 Å². The van der Waals surface area contributed by atoms with Crippen LogP contribution in [0, 0.1) is 5.92 Å². The summed E-state index contributed by atoms with van der Waals surface area (Å²) in [6.45, 7) is 8.60. The molecular formula is C12H27N3O. The Morgan fingerprint density at radius 3 is 2.31 bits per heavy atom. The Morgan fingerprint density at radius 1 is 1.25 bits per heavy atom. The second-order valence-corrected chi connectivity index (χ2v) is 5.03. The number of carbonyl (C=O) groups is 1. The summed E-state index contributed by atoms with van der Waals surface area (Å²) in [7, 11) is 4.17. The molecule has 0 radical (unpaired) electrons. The van der Waals surface area contributed by atoms with Crippen molar-refractivity contribution in [1.29, 1.82) is 0 Å². The van der Waals surface area contributed by atoms with Crippen LogP contribution in [0.4, 0.5) is 0 Å². The zero-order valence-corrected chi connectivity index (χ0v) is 11.3. The molecule has 0 saturated carbocycles. The number of rotatable bonds is 8. The molecule has 0 spiro atoms. The minimum Gasteiger partial charge on any atom is -0.355 e. The van der Waals surface area contributed by atoms with E-state index in [-0.39, 0.29) is 5.91 Å². The second-order valence-electron chi connectivity index (χ2n) is 5.03. The summed E-state index contributed by atoms with van der Waals surface area (Å²) in [5.74, 6) is 0.730. The quantitative estimate of drug-likeness (QED) is 0.602. The molecule has 0 bridgehead atoms. The fraction of sp³-hybridized carbons (Fsp3) is 0.917. The smallest absolute Gasteiger partial charge is 0.216 e. The normalized spacial score (nSPS) is 13.2. The fourth-order valence-electron chi connectivity index (χ4n) is 1.75. The molecule has 0 aromatic heterocycles. The van der Waals surface area contributed by atoms with E-state index in [2.05, 4.69) is 43.5 Å². The molecule has 1 unspecified atom stereocenters. The van der Waals surface area contributed by atoms with E-state index >= 15 is 0 Å². The number of carbonyl (C=O) groups excluding carboxylic acids is 1. The summed E-state index contributed by atoms with van der Waals surface area (Å²) >= 11 is 0.